The molecular formula is C22H26N8O3. The molecule has 0 unspecified atom stereocenters. The molecule has 1 aliphatic heterocycles. The zero-order chi connectivity index (χ0) is 22.6. The minimum absolute atomic E-state index is 0.0405. The summed E-state index contributed by atoms with van der Waals surface area (Å²) < 4.78 is 18.8. The SMILES string of the molecule is COc1cc(C#N)cnc1N[C@H]1CC[C@@H](Oc2nc(N3CCOCC3)cc3ncnn23)CC1. The Labute approximate surface area is 191 Å². The molecule has 0 spiro atoms. The zero-order valence-corrected chi connectivity index (χ0v) is 18.5. The van der Waals surface area contributed by atoms with Crippen LogP contribution in [0.25, 0.3) is 5.65 Å². The van der Waals surface area contributed by atoms with E-state index in [0.717, 1.165) is 50.2 Å². The van der Waals surface area contributed by atoms with E-state index in [4.69, 9.17) is 24.5 Å². The standard InChI is InChI=1S/C22H26N8O3/c1-31-18-10-15(12-23)13-24-21(18)27-16-2-4-17(5-3-16)33-22-28-20(29-6-8-32-9-7-29)11-19-25-14-26-30(19)22/h10-11,13-14,16-17H,2-9H2,1H3,(H,24,27)/t16-,17+. The molecule has 1 saturated heterocycles. The van der Waals surface area contributed by atoms with Gasteiger partial charge in [-0.15, -0.1) is 0 Å². The Hall–Kier alpha value is -3.65. The summed E-state index contributed by atoms with van der Waals surface area (Å²) in [6, 6.07) is 6.43. The fraction of sp³-hybridized carbons (Fsp3) is 0.500. The van der Waals surface area contributed by atoms with Crippen LogP contribution in [0.1, 0.15) is 31.2 Å². The number of hydrogen-bond acceptors (Lipinski definition) is 10. The van der Waals surface area contributed by atoms with Crippen molar-refractivity contribution in [2.75, 3.05) is 43.6 Å². The van der Waals surface area contributed by atoms with Crippen molar-refractivity contribution in [1.82, 2.24) is 24.6 Å². The van der Waals surface area contributed by atoms with Gasteiger partial charge in [0.25, 0.3) is 0 Å². The van der Waals surface area contributed by atoms with Gasteiger partial charge >= 0.3 is 6.01 Å². The minimum atomic E-state index is 0.0405. The predicted octanol–water partition coefficient (Wildman–Crippen LogP) is 2.04. The number of pyridine rings is 1. The van der Waals surface area contributed by atoms with Crippen LogP contribution in [0.4, 0.5) is 11.6 Å². The van der Waals surface area contributed by atoms with Gasteiger partial charge in [0.2, 0.25) is 0 Å². The number of morpholine rings is 1. The van der Waals surface area contributed by atoms with E-state index >= 15 is 0 Å². The van der Waals surface area contributed by atoms with E-state index in [1.54, 1.807) is 23.9 Å². The summed E-state index contributed by atoms with van der Waals surface area (Å²) in [5.41, 5.74) is 1.19. The van der Waals surface area contributed by atoms with E-state index in [2.05, 4.69) is 31.4 Å². The van der Waals surface area contributed by atoms with Gasteiger partial charge in [0.1, 0.15) is 24.3 Å². The van der Waals surface area contributed by atoms with E-state index in [1.165, 1.54) is 6.33 Å². The Morgan fingerprint density at radius 2 is 1.97 bits per heavy atom. The highest BCUT2D eigenvalue weighted by Gasteiger charge is 2.26. The number of nitriles is 1. The Bertz CT molecular complexity index is 1150. The third-order valence-electron chi connectivity index (χ3n) is 6.05. The first kappa shape index (κ1) is 21.2. The third-order valence-corrected chi connectivity index (χ3v) is 6.05. The third kappa shape index (κ3) is 4.61. The highest BCUT2D eigenvalue weighted by Crippen LogP contribution is 2.29. The lowest BCUT2D eigenvalue weighted by atomic mass is 9.93. The molecule has 1 N–H and O–H groups in total. The molecule has 1 saturated carbocycles. The number of anilines is 2. The van der Waals surface area contributed by atoms with Gasteiger partial charge in [-0.1, -0.05) is 0 Å². The molecule has 0 atom stereocenters. The largest absolute Gasteiger partial charge is 0.493 e. The topological polar surface area (TPSA) is 123 Å². The Morgan fingerprint density at radius 3 is 2.73 bits per heavy atom. The highest BCUT2D eigenvalue weighted by molar-refractivity contribution is 5.54. The summed E-state index contributed by atoms with van der Waals surface area (Å²) in [7, 11) is 1.58. The fourth-order valence-corrected chi connectivity index (χ4v) is 4.26. The summed E-state index contributed by atoms with van der Waals surface area (Å²) in [5.74, 6) is 2.07. The van der Waals surface area contributed by atoms with Gasteiger partial charge in [-0.25, -0.2) is 9.97 Å². The molecule has 0 amide bonds. The number of nitrogens with zero attached hydrogens (tertiary/aromatic N) is 7. The second-order valence-corrected chi connectivity index (χ2v) is 8.15. The Morgan fingerprint density at radius 1 is 1.15 bits per heavy atom. The molecule has 5 rings (SSSR count). The average molecular weight is 451 g/mol. The zero-order valence-electron chi connectivity index (χ0n) is 18.5. The summed E-state index contributed by atoms with van der Waals surface area (Å²) in [6.45, 7) is 2.96. The second-order valence-electron chi connectivity index (χ2n) is 8.15. The molecule has 2 aliphatic rings. The van der Waals surface area contributed by atoms with Crippen LogP contribution in [-0.2, 0) is 4.74 Å². The Balaban J connectivity index is 1.24. The number of methoxy groups -OCH3 is 1. The second kappa shape index (κ2) is 9.46. The van der Waals surface area contributed by atoms with E-state index in [1.807, 2.05) is 6.07 Å². The minimum Gasteiger partial charge on any atom is -0.493 e. The van der Waals surface area contributed by atoms with Crippen LogP contribution in [0.3, 0.4) is 0 Å². The van der Waals surface area contributed by atoms with Gasteiger partial charge in [-0.2, -0.15) is 19.9 Å². The number of hydrogen-bond donors (Lipinski definition) is 1. The van der Waals surface area contributed by atoms with Crippen LogP contribution in [0, 0.1) is 11.3 Å². The van der Waals surface area contributed by atoms with Crippen molar-refractivity contribution in [3.63, 3.8) is 0 Å². The average Bonchev–Trinajstić information content (AvgIpc) is 3.35. The van der Waals surface area contributed by atoms with Gasteiger partial charge in [-0.3, -0.25) is 0 Å². The van der Waals surface area contributed by atoms with E-state index < -0.39 is 0 Å². The molecule has 3 aromatic rings. The van der Waals surface area contributed by atoms with Crippen LogP contribution in [-0.4, -0.2) is 70.1 Å². The highest BCUT2D eigenvalue weighted by atomic mass is 16.5. The lowest BCUT2D eigenvalue weighted by molar-refractivity contribution is 0.121. The molecule has 33 heavy (non-hydrogen) atoms. The van der Waals surface area contributed by atoms with Crippen LogP contribution < -0.4 is 19.7 Å². The normalized spacial score (nSPS) is 20.9. The van der Waals surface area contributed by atoms with E-state index in [9.17, 15) is 0 Å². The maximum Gasteiger partial charge on any atom is 0.321 e. The first-order valence-electron chi connectivity index (χ1n) is 11.1. The maximum atomic E-state index is 9.06. The van der Waals surface area contributed by atoms with Gasteiger partial charge in [0.05, 0.1) is 25.9 Å². The van der Waals surface area contributed by atoms with Gasteiger partial charge < -0.3 is 24.4 Å². The van der Waals surface area contributed by atoms with Crippen molar-refractivity contribution in [3.8, 4) is 17.8 Å². The number of ether oxygens (including phenoxy) is 3. The Kier molecular flexibility index (Phi) is 6.08. The first-order valence-corrected chi connectivity index (χ1v) is 11.1. The summed E-state index contributed by atoms with van der Waals surface area (Å²) in [5, 5.41) is 16.8. The number of rotatable bonds is 6. The molecule has 11 nitrogen and oxygen atoms in total. The van der Waals surface area contributed by atoms with Crippen LogP contribution >= 0.6 is 0 Å². The van der Waals surface area contributed by atoms with Gasteiger partial charge in [0, 0.05) is 37.5 Å². The molecule has 11 heteroatoms. The predicted molar refractivity (Wildman–Crippen MR) is 120 cm³/mol. The van der Waals surface area contributed by atoms with Crippen LogP contribution in [0.2, 0.25) is 0 Å². The number of fused-ring (bicyclic) bond motifs is 1. The molecular weight excluding hydrogens is 424 g/mol. The lowest BCUT2D eigenvalue weighted by Crippen LogP contribution is -2.37. The van der Waals surface area contributed by atoms with Crippen molar-refractivity contribution in [3.05, 3.63) is 30.2 Å². The maximum absolute atomic E-state index is 9.06. The molecule has 0 aromatic carbocycles. The van der Waals surface area contributed by atoms with Crippen LogP contribution in [0.5, 0.6) is 11.8 Å². The molecule has 3 aromatic heterocycles. The van der Waals surface area contributed by atoms with Crippen molar-refractivity contribution in [2.45, 2.75) is 37.8 Å². The molecule has 1 aliphatic carbocycles. The van der Waals surface area contributed by atoms with Gasteiger partial charge in [-0.05, 0) is 25.7 Å². The van der Waals surface area contributed by atoms with E-state index in [0.29, 0.717) is 36.4 Å². The lowest BCUT2D eigenvalue weighted by Gasteiger charge is -2.30. The van der Waals surface area contributed by atoms with Crippen molar-refractivity contribution >= 4 is 17.3 Å². The molecule has 2 fully saturated rings. The summed E-state index contributed by atoms with van der Waals surface area (Å²) in [6.07, 6.45) is 6.69. The molecule has 4 heterocycles. The van der Waals surface area contributed by atoms with Crippen molar-refractivity contribution < 1.29 is 14.2 Å². The summed E-state index contributed by atoms with van der Waals surface area (Å²) >= 11 is 0. The molecule has 172 valence electrons. The van der Waals surface area contributed by atoms with Crippen molar-refractivity contribution in [1.29, 1.82) is 5.26 Å². The monoisotopic (exact) mass is 450 g/mol. The number of nitrogens with one attached hydrogen (secondary N) is 1. The van der Waals surface area contributed by atoms with Crippen molar-refractivity contribution in [2.24, 2.45) is 0 Å². The number of aromatic nitrogens is 5. The quantitative estimate of drug-likeness (QED) is 0.597. The van der Waals surface area contributed by atoms with E-state index in [-0.39, 0.29) is 12.1 Å². The molecule has 0 radical (unpaired) electrons. The first-order chi connectivity index (χ1) is 16.2. The fourth-order valence-electron chi connectivity index (χ4n) is 4.26. The smallest absolute Gasteiger partial charge is 0.321 e. The van der Waals surface area contributed by atoms with Crippen LogP contribution in [0.15, 0.2) is 24.7 Å². The summed E-state index contributed by atoms with van der Waals surface area (Å²) in [4.78, 5) is 15.6. The van der Waals surface area contributed by atoms with Gasteiger partial charge in [0.15, 0.2) is 17.2 Å². The molecule has 0 bridgehead atoms.